The van der Waals surface area contributed by atoms with Crippen LogP contribution in [0.1, 0.15) is 25.3 Å². The van der Waals surface area contributed by atoms with Gasteiger partial charge in [-0.05, 0) is 43.9 Å². The molecule has 0 saturated heterocycles. The number of carbonyl (C=O) groups is 2. The van der Waals surface area contributed by atoms with Crippen LogP contribution in [0.5, 0.6) is 0 Å². The summed E-state index contributed by atoms with van der Waals surface area (Å²) in [5.74, 6) is -1.53. The third-order valence-electron chi connectivity index (χ3n) is 3.36. The SMILES string of the molecule is CC(Cc1ccc(Cl)cc1)(C(=O)O)C(=O)NC1CC1. The fraction of sp³-hybridized carbons (Fsp3) is 0.429. The molecule has 5 heteroatoms. The van der Waals surface area contributed by atoms with Gasteiger partial charge in [0.2, 0.25) is 5.91 Å². The predicted molar refractivity (Wildman–Crippen MR) is 72.1 cm³/mol. The quantitative estimate of drug-likeness (QED) is 0.814. The Bertz CT molecular complexity index is 496. The molecule has 102 valence electrons. The Kier molecular flexibility index (Phi) is 3.80. The fourth-order valence-electron chi connectivity index (χ4n) is 1.84. The van der Waals surface area contributed by atoms with E-state index >= 15 is 0 Å². The molecule has 1 unspecified atom stereocenters. The molecular weight excluding hydrogens is 266 g/mol. The van der Waals surface area contributed by atoms with E-state index in [1.165, 1.54) is 6.92 Å². The highest BCUT2D eigenvalue weighted by molar-refractivity contribution is 6.30. The van der Waals surface area contributed by atoms with Gasteiger partial charge >= 0.3 is 5.97 Å². The van der Waals surface area contributed by atoms with Gasteiger partial charge in [0, 0.05) is 11.1 Å². The third kappa shape index (κ3) is 3.26. The first-order valence-electron chi connectivity index (χ1n) is 6.20. The van der Waals surface area contributed by atoms with Gasteiger partial charge in [0.05, 0.1) is 0 Å². The molecule has 0 aromatic heterocycles. The van der Waals surface area contributed by atoms with Crippen molar-refractivity contribution in [1.29, 1.82) is 0 Å². The Morgan fingerprint density at radius 2 is 1.95 bits per heavy atom. The Morgan fingerprint density at radius 1 is 1.37 bits per heavy atom. The number of benzene rings is 1. The van der Waals surface area contributed by atoms with E-state index in [0.29, 0.717) is 5.02 Å². The van der Waals surface area contributed by atoms with Gasteiger partial charge in [-0.15, -0.1) is 0 Å². The second kappa shape index (κ2) is 5.21. The van der Waals surface area contributed by atoms with Crippen LogP contribution in [-0.2, 0) is 16.0 Å². The summed E-state index contributed by atoms with van der Waals surface area (Å²) in [5, 5.41) is 12.7. The smallest absolute Gasteiger partial charge is 0.319 e. The first kappa shape index (κ1) is 13.9. The third-order valence-corrected chi connectivity index (χ3v) is 3.61. The summed E-state index contributed by atoms with van der Waals surface area (Å²) < 4.78 is 0. The van der Waals surface area contributed by atoms with Crippen molar-refractivity contribution in [2.75, 3.05) is 0 Å². The van der Waals surface area contributed by atoms with E-state index in [-0.39, 0.29) is 12.5 Å². The first-order chi connectivity index (χ1) is 8.91. The van der Waals surface area contributed by atoms with Crippen LogP contribution in [0.4, 0.5) is 0 Å². The molecule has 1 saturated carbocycles. The average molecular weight is 282 g/mol. The topological polar surface area (TPSA) is 66.4 Å². The molecule has 1 amide bonds. The number of carboxylic acids is 1. The summed E-state index contributed by atoms with van der Waals surface area (Å²) in [6.07, 6.45) is 2.02. The van der Waals surface area contributed by atoms with Crippen molar-refractivity contribution in [3.8, 4) is 0 Å². The summed E-state index contributed by atoms with van der Waals surface area (Å²) in [4.78, 5) is 23.6. The highest BCUT2D eigenvalue weighted by Crippen LogP contribution is 2.27. The van der Waals surface area contributed by atoms with E-state index in [4.69, 9.17) is 11.6 Å². The zero-order valence-electron chi connectivity index (χ0n) is 10.6. The molecule has 0 heterocycles. The zero-order chi connectivity index (χ0) is 14.0. The van der Waals surface area contributed by atoms with Gasteiger partial charge in [0.1, 0.15) is 5.41 Å². The lowest BCUT2D eigenvalue weighted by atomic mass is 9.82. The first-order valence-corrected chi connectivity index (χ1v) is 6.58. The summed E-state index contributed by atoms with van der Waals surface area (Å²) in [7, 11) is 0. The Balaban J connectivity index is 2.15. The van der Waals surface area contributed by atoms with Crippen molar-refractivity contribution in [3.05, 3.63) is 34.9 Å². The number of hydrogen-bond donors (Lipinski definition) is 2. The summed E-state index contributed by atoms with van der Waals surface area (Å²) in [6.45, 7) is 1.46. The fourth-order valence-corrected chi connectivity index (χ4v) is 1.96. The van der Waals surface area contributed by atoms with Gasteiger partial charge in [0.15, 0.2) is 0 Å². The number of rotatable bonds is 5. The van der Waals surface area contributed by atoms with Crippen LogP contribution in [-0.4, -0.2) is 23.0 Å². The molecule has 1 aromatic carbocycles. The molecule has 1 aromatic rings. The van der Waals surface area contributed by atoms with E-state index in [1.54, 1.807) is 24.3 Å². The maximum absolute atomic E-state index is 12.1. The van der Waals surface area contributed by atoms with Crippen LogP contribution in [0.2, 0.25) is 5.02 Å². The number of hydrogen-bond acceptors (Lipinski definition) is 2. The number of carboxylic acid groups (broad SMARTS) is 1. The van der Waals surface area contributed by atoms with Gasteiger partial charge in [-0.2, -0.15) is 0 Å². The van der Waals surface area contributed by atoms with Crippen molar-refractivity contribution >= 4 is 23.5 Å². The maximum Gasteiger partial charge on any atom is 0.319 e. The van der Waals surface area contributed by atoms with Gasteiger partial charge in [-0.25, -0.2) is 0 Å². The normalized spacial score (nSPS) is 17.6. The maximum atomic E-state index is 12.1. The molecule has 1 atom stereocenters. The Hall–Kier alpha value is -1.55. The van der Waals surface area contributed by atoms with Crippen molar-refractivity contribution in [3.63, 3.8) is 0 Å². The molecule has 1 aliphatic rings. The number of carbonyl (C=O) groups excluding carboxylic acids is 1. The number of aliphatic carboxylic acids is 1. The largest absolute Gasteiger partial charge is 0.480 e. The lowest BCUT2D eigenvalue weighted by Gasteiger charge is -2.24. The monoisotopic (exact) mass is 281 g/mol. The number of halogens is 1. The van der Waals surface area contributed by atoms with E-state index in [0.717, 1.165) is 18.4 Å². The van der Waals surface area contributed by atoms with E-state index in [2.05, 4.69) is 5.32 Å². The van der Waals surface area contributed by atoms with Crippen LogP contribution in [0, 0.1) is 5.41 Å². The molecule has 4 nitrogen and oxygen atoms in total. The molecule has 0 bridgehead atoms. The molecule has 19 heavy (non-hydrogen) atoms. The van der Waals surface area contributed by atoms with Crippen molar-refractivity contribution < 1.29 is 14.7 Å². The highest BCUT2D eigenvalue weighted by Gasteiger charge is 2.43. The number of nitrogens with one attached hydrogen (secondary N) is 1. The van der Waals surface area contributed by atoms with Gasteiger partial charge in [0.25, 0.3) is 0 Å². The second-order valence-corrected chi connectivity index (χ2v) is 5.62. The molecular formula is C14H16ClNO3. The predicted octanol–water partition coefficient (Wildman–Crippen LogP) is 2.25. The van der Waals surface area contributed by atoms with Crippen molar-refractivity contribution in [2.24, 2.45) is 5.41 Å². The summed E-state index contributed by atoms with van der Waals surface area (Å²) >= 11 is 5.79. The summed E-state index contributed by atoms with van der Waals surface area (Å²) in [5.41, 5.74) is -0.670. The molecule has 0 radical (unpaired) electrons. The Labute approximate surface area is 116 Å². The van der Waals surface area contributed by atoms with Crippen LogP contribution in [0.25, 0.3) is 0 Å². The Morgan fingerprint density at radius 3 is 2.42 bits per heavy atom. The summed E-state index contributed by atoms with van der Waals surface area (Å²) in [6, 6.07) is 7.02. The van der Waals surface area contributed by atoms with Crippen LogP contribution >= 0.6 is 11.6 Å². The van der Waals surface area contributed by atoms with E-state index in [1.807, 2.05) is 0 Å². The average Bonchev–Trinajstić information content (AvgIpc) is 3.15. The lowest BCUT2D eigenvalue weighted by molar-refractivity contribution is -0.154. The van der Waals surface area contributed by atoms with Crippen molar-refractivity contribution in [2.45, 2.75) is 32.2 Å². The second-order valence-electron chi connectivity index (χ2n) is 5.19. The zero-order valence-corrected chi connectivity index (χ0v) is 11.4. The molecule has 0 aliphatic heterocycles. The number of amides is 1. The minimum atomic E-state index is -1.45. The van der Waals surface area contributed by atoms with Crippen LogP contribution in [0.15, 0.2) is 24.3 Å². The van der Waals surface area contributed by atoms with Crippen LogP contribution in [0.3, 0.4) is 0 Å². The highest BCUT2D eigenvalue weighted by atomic mass is 35.5. The minimum absolute atomic E-state index is 0.149. The minimum Gasteiger partial charge on any atom is -0.480 e. The van der Waals surface area contributed by atoms with E-state index in [9.17, 15) is 14.7 Å². The van der Waals surface area contributed by atoms with Gasteiger partial charge in [-0.1, -0.05) is 23.7 Å². The van der Waals surface area contributed by atoms with Gasteiger partial charge < -0.3 is 10.4 Å². The molecule has 1 aliphatic carbocycles. The van der Waals surface area contributed by atoms with Crippen LogP contribution < -0.4 is 5.32 Å². The molecule has 2 rings (SSSR count). The lowest BCUT2D eigenvalue weighted by Crippen LogP contribution is -2.46. The molecule has 0 spiro atoms. The van der Waals surface area contributed by atoms with E-state index < -0.39 is 17.3 Å². The molecule has 2 N–H and O–H groups in total. The van der Waals surface area contributed by atoms with Gasteiger partial charge in [-0.3, -0.25) is 9.59 Å². The van der Waals surface area contributed by atoms with Crippen molar-refractivity contribution in [1.82, 2.24) is 5.32 Å². The standard InChI is InChI=1S/C14H16ClNO3/c1-14(13(18)19,12(17)16-11-6-7-11)8-9-2-4-10(15)5-3-9/h2-5,11H,6-8H2,1H3,(H,16,17)(H,18,19). The molecule has 1 fully saturated rings.